The van der Waals surface area contributed by atoms with Gasteiger partial charge in [-0.15, -0.1) is 0 Å². The average molecular weight is 1730 g/mol. The van der Waals surface area contributed by atoms with Gasteiger partial charge in [-0.1, -0.05) is 355 Å². The molecular weight excluding hydrogens is 1590 g/mol. The second kappa shape index (κ2) is 57.6. The van der Waals surface area contributed by atoms with Gasteiger partial charge in [-0.3, -0.25) is 9.59 Å². The van der Waals surface area contributed by atoms with Gasteiger partial charge in [0.05, 0.1) is 58.9 Å². The predicted molar refractivity (Wildman–Crippen MR) is 469 cm³/mol. The Hall–Kier alpha value is -7.19. The van der Waals surface area contributed by atoms with E-state index in [9.17, 15) is 56.0 Å². The summed E-state index contributed by atoms with van der Waals surface area (Å²) >= 11 is 0. The highest BCUT2D eigenvalue weighted by atomic mass is 16.7. The topological polar surface area (TPSA) is 382 Å². The third-order valence-electron chi connectivity index (χ3n) is 23.6. The Kier molecular flexibility index (Phi) is 46.7. The van der Waals surface area contributed by atoms with Crippen molar-refractivity contribution < 1.29 is 107 Å². The van der Waals surface area contributed by atoms with Crippen molar-refractivity contribution in [2.45, 2.75) is 368 Å². The molecule has 10 unspecified atom stereocenters. The molecule has 2 heterocycles. The highest BCUT2D eigenvalue weighted by Gasteiger charge is 2.59. The summed E-state index contributed by atoms with van der Waals surface area (Å²) in [5.74, 6) is -1.15. The molecule has 0 spiro atoms. The summed E-state index contributed by atoms with van der Waals surface area (Å²) in [5, 5.41) is 89.0. The molecular formula is C98H140N4O22. The van der Waals surface area contributed by atoms with Gasteiger partial charge >= 0.3 is 11.9 Å². The number of carbonyl (C=O) groups is 2. The molecule has 22 atom stereocenters. The molecule has 2 saturated carbocycles. The van der Waals surface area contributed by atoms with Gasteiger partial charge in [0, 0.05) is 17.8 Å². The van der Waals surface area contributed by atoms with Gasteiger partial charge in [-0.05, 0) is 51.8 Å². The van der Waals surface area contributed by atoms with Crippen molar-refractivity contribution in [2.75, 3.05) is 13.2 Å². The third kappa shape index (κ3) is 33.5. The molecule has 2 aliphatic carbocycles. The number of esters is 2. The van der Waals surface area contributed by atoms with Gasteiger partial charge in [0.25, 0.3) is 0 Å². The lowest BCUT2D eigenvalue weighted by Crippen LogP contribution is -2.69. The molecule has 2 saturated heterocycles. The Morgan fingerprint density at radius 2 is 0.661 bits per heavy atom. The summed E-state index contributed by atoms with van der Waals surface area (Å²) in [7, 11) is 0. The van der Waals surface area contributed by atoms with Gasteiger partial charge in [0.2, 0.25) is 0 Å². The first-order valence-corrected chi connectivity index (χ1v) is 45.7. The first-order chi connectivity index (χ1) is 60.6. The van der Waals surface area contributed by atoms with Crippen molar-refractivity contribution in [3.8, 4) is 0 Å². The normalized spacial score (nSPS) is 27.4. The maximum atomic E-state index is 14.3. The van der Waals surface area contributed by atoms with E-state index in [-0.39, 0.29) is 59.1 Å². The maximum Gasteiger partial charge on any atom is 0.306 e. The van der Waals surface area contributed by atoms with Crippen LogP contribution in [-0.4, -0.2) is 201 Å². The molecule has 4 aliphatic rings. The first kappa shape index (κ1) is 101. The van der Waals surface area contributed by atoms with E-state index in [1.54, 1.807) is 0 Å². The fourth-order valence-corrected chi connectivity index (χ4v) is 16.4. The largest absolute Gasteiger partial charge is 0.457 e. The minimum Gasteiger partial charge on any atom is -0.457 e. The number of ether oxygens (including phenoxy) is 12. The van der Waals surface area contributed by atoms with Crippen molar-refractivity contribution in [3.05, 3.63) is 226 Å². The zero-order valence-corrected chi connectivity index (χ0v) is 72.7. The molecule has 0 bridgehead atoms. The monoisotopic (exact) mass is 1720 g/mol. The van der Waals surface area contributed by atoms with Crippen LogP contribution >= 0.6 is 0 Å². The number of hydrogen-bond donors (Lipinski definition) is 9. The number of aliphatic hydroxyl groups excluding tert-OH is 8. The molecule has 0 amide bonds. The number of azide groups is 1. The lowest BCUT2D eigenvalue weighted by Gasteiger charge is -2.50. The average Bonchev–Trinajstić information content (AvgIpc) is 0.762. The smallest absolute Gasteiger partial charge is 0.306 e. The molecule has 10 N–H and O–H groups in total. The molecule has 124 heavy (non-hydrogen) atoms. The van der Waals surface area contributed by atoms with Crippen LogP contribution < -0.4 is 5.73 Å². The molecule has 6 aromatic carbocycles. The third-order valence-corrected chi connectivity index (χ3v) is 23.6. The number of rotatable bonds is 55. The van der Waals surface area contributed by atoms with Crippen LogP contribution in [0.1, 0.15) is 227 Å². The standard InChI is InChI=1S/C70H87N3O11.C28H53NO11/c1-2-3-4-5-6-7-8-9-10-11-12-13-32-45-60(74)83-65-62(75)66(68(80-50-57-41-28-18-29-42-57)69(81-51-58-43-30-19-31-44-58)67(65)79-49-56-39-26-17-27-40-56)84-70-61(72-73-71)64(78-48-55-37-24-16-25-38-55)63(77-47-54-35-22-15-23-36-54)59(82-70)52-76-46-53-33-20-14-21-34-53;1-2-3-4-5-6-7-8-9-10-11-12-13-14-15-18(31)39-26-23(35)22(34)24(36)27(25(26)37)40-28-19(29)21(33)20(32)17(16-30)38-28/h14-31,33-44,59,61-70,75H,2-13,32,45-52H2,1H3;17,19-28,30,32-37H,2-16,29H2,1H3/t59?,61?,62?,63-,64-,65-,66?,67?,68+,69+,70-;17?,19?,20-,21-,22+,23?,24+,25?,26+,27?,28-/m11/s1. The number of nitrogens with two attached hydrogens (primary N) is 1. The van der Waals surface area contributed by atoms with Crippen molar-refractivity contribution in [1.82, 2.24) is 0 Å². The lowest BCUT2D eigenvalue weighted by molar-refractivity contribution is -0.336. The number of nitrogens with zero attached hydrogens (tertiary/aromatic N) is 3. The van der Waals surface area contributed by atoms with Gasteiger partial charge in [0.1, 0.15) is 104 Å². The van der Waals surface area contributed by atoms with Crippen molar-refractivity contribution in [3.63, 3.8) is 0 Å². The van der Waals surface area contributed by atoms with E-state index in [1.165, 1.54) is 116 Å². The lowest BCUT2D eigenvalue weighted by atomic mass is 9.83. The van der Waals surface area contributed by atoms with Gasteiger partial charge < -0.3 is 103 Å². The summed E-state index contributed by atoms with van der Waals surface area (Å²) in [6, 6.07) is 55.9. The quantitative estimate of drug-likeness (QED) is 0.00563. The van der Waals surface area contributed by atoms with Crippen LogP contribution in [0, 0.1) is 0 Å². The Labute approximate surface area is 733 Å². The van der Waals surface area contributed by atoms with Gasteiger partial charge in [-0.2, -0.15) is 0 Å². The van der Waals surface area contributed by atoms with Crippen LogP contribution in [0.3, 0.4) is 0 Å². The van der Waals surface area contributed by atoms with Crippen LogP contribution in [0.5, 0.6) is 0 Å². The van der Waals surface area contributed by atoms with Crippen LogP contribution in [0.2, 0.25) is 0 Å². The van der Waals surface area contributed by atoms with Crippen LogP contribution in [0.4, 0.5) is 0 Å². The molecule has 684 valence electrons. The molecule has 26 nitrogen and oxygen atoms in total. The van der Waals surface area contributed by atoms with E-state index in [1.807, 2.05) is 182 Å². The number of unbranched alkanes of at least 4 members (excludes halogenated alkanes) is 24. The van der Waals surface area contributed by atoms with E-state index in [0.29, 0.717) is 12.8 Å². The predicted octanol–water partition coefficient (Wildman–Crippen LogP) is 14.7. The minimum absolute atomic E-state index is 0.0151. The zero-order chi connectivity index (χ0) is 87.9. The molecule has 0 aromatic heterocycles. The summed E-state index contributed by atoms with van der Waals surface area (Å²) in [4.78, 5) is 30.1. The fourth-order valence-electron chi connectivity index (χ4n) is 16.4. The van der Waals surface area contributed by atoms with Gasteiger partial charge in [-0.25, -0.2) is 0 Å². The van der Waals surface area contributed by atoms with Crippen LogP contribution in [0.15, 0.2) is 187 Å². The first-order valence-electron chi connectivity index (χ1n) is 45.7. The number of aliphatic hydroxyl groups is 8. The summed E-state index contributed by atoms with van der Waals surface area (Å²) in [6.07, 6.45) is 2.60. The highest BCUT2D eigenvalue weighted by Crippen LogP contribution is 2.40. The summed E-state index contributed by atoms with van der Waals surface area (Å²) in [6.45, 7) is 4.69. The Morgan fingerprint density at radius 1 is 0.347 bits per heavy atom. The SMILES string of the molecule is CCCCCCCCCCCCCCCC(=O)O[C@@H]1C(O)C(O[C@H]2OC(CO)[C@@H](O)[C@H](O)C2N)[C@@H](O)[C@@H](O)C1O.CCCCCCCCCCCCCCCC(=O)O[C@@H]1C(O)C(O[C@H]2OC(COCc3ccccc3)[C@@H](OCc3ccccc3)[C@H](OCc3ccccc3)C2N=[N+]=[N-])[C@H](OCc2ccccc2)[C@@H](OCc2ccccc2)C1OCc1ccccc1. The molecule has 6 aromatic rings. The highest BCUT2D eigenvalue weighted by molar-refractivity contribution is 5.70. The summed E-state index contributed by atoms with van der Waals surface area (Å²) < 4.78 is 77.9. The summed E-state index contributed by atoms with van der Waals surface area (Å²) in [5.41, 5.74) is 21.7. The zero-order valence-electron chi connectivity index (χ0n) is 72.7. The van der Waals surface area contributed by atoms with Crippen molar-refractivity contribution in [2.24, 2.45) is 10.8 Å². The number of benzene rings is 6. The van der Waals surface area contributed by atoms with Gasteiger partial charge in [0.15, 0.2) is 24.8 Å². The van der Waals surface area contributed by atoms with Crippen molar-refractivity contribution in [1.29, 1.82) is 0 Å². The Bertz CT molecular complexity index is 3830. The molecule has 10 rings (SSSR count). The second-order valence-electron chi connectivity index (χ2n) is 33.4. The van der Waals surface area contributed by atoms with E-state index < -0.39 is 153 Å². The fraction of sp³-hybridized carbons (Fsp3) is 0.612. The van der Waals surface area contributed by atoms with E-state index in [4.69, 9.17) is 62.6 Å². The van der Waals surface area contributed by atoms with E-state index >= 15 is 0 Å². The maximum absolute atomic E-state index is 14.3. The number of hydrogen-bond acceptors (Lipinski definition) is 24. The van der Waals surface area contributed by atoms with Crippen LogP contribution in [-0.2, 0) is 106 Å². The Balaban J connectivity index is 0.000000365. The molecule has 2 aliphatic heterocycles. The van der Waals surface area contributed by atoms with E-state index in [2.05, 4.69) is 23.9 Å². The second-order valence-corrected chi connectivity index (χ2v) is 33.4. The molecule has 0 radical (unpaired) electrons. The Morgan fingerprint density at radius 3 is 1.05 bits per heavy atom. The van der Waals surface area contributed by atoms with Crippen molar-refractivity contribution >= 4 is 11.9 Å². The number of carbonyl (C=O) groups excluding carboxylic acids is 2. The minimum atomic E-state index is -1.83. The van der Waals surface area contributed by atoms with E-state index in [0.717, 1.165) is 71.9 Å². The molecule has 4 fully saturated rings. The van der Waals surface area contributed by atoms with Crippen LogP contribution in [0.25, 0.3) is 10.4 Å². The molecule has 26 heteroatoms.